The third-order valence-electron chi connectivity index (χ3n) is 6.12. The van der Waals surface area contributed by atoms with Gasteiger partial charge in [0.25, 0.3) is 0 Å². The van der Waals surface area contributed by atoms with Crippen LogP contribution < -0.4 is 0 Å². The van der Waals surface area contributed by atoms with E-state index < -0.39 is 17.9 Å². The van der Waals surface area contributed by atoms with E-state index in [9.17, 15) is 0 Å². The number of benzene rings is 2. The highest BCUT2D eigenvalue weighted by Crippen LogP contribution is 2.42. The van der Waals surface area contributed by atoms with E-state index in [1.165, 1.54) is 21.9 Å². The third kappa shape index (κ3) is 3.66. The van der Waals surface area contributed by atoms with Crippen molar-refractivity contribution in [2.75, 3.05) is 6.61 Å². The van der Waals surface area contributed by atoms with E-state index in [1.807, 2.05) is 27.7 Å². The Morgan fingerprint density at radius 3 is 2.50 bits per heavy atom. The summed E-state index contributed by atoms with van der Waals surface area (Å²) in [4.78, 5) is 0. The van der Waals surface area contributed by atoms with E-state index in [1.54, 1.807) is 0 Å². The topological polar surface area (TPSA) is 55.4 Å². The first-order valence-electron chi connectivity index (χ1n) is 10.6. The molecule has 0 aromatic heterocycles. The molecule has 6 heteroatoms. The van der Waals surface area contributed by atoms with E-state index in [2.05, 4.69) is 43.3 Å². The smallest absolute Gasteiger partial charge is 0.190 e. The highest BCUT2D eigenvalue weighted by molar-refractivity contribution is 5.86. The van der Waals surface area contributed by atoms with Crippen molar-refractivity contribution < 1.29 is 28.4 Å². The Hall–Kier alpha value is -1.54. The minimum atomic E-state index is -0.705. The predicted molar refractivity (Wildman–Crippen MR) is 111 cm³/mol. The average molecular weight is 414 g/mol. The first-order valence-corrected chi connectivity index (χ1v) is 10.6. The standard InChI is InChI=1S/C24H30O6/c1-14-10-11-15-8-6-7-9-16(15)17(14)12-25-20-19(18-13-26-23(2,3)28-18)27-22-21(20)29-24(4,5)30-22/h6-11,18-22H,12-13H2,1-5H3/t18-,19-,20+,21-,22-/m1/s1. The van der Waals surface area contributed by atoms with Crippen LogP contribution in [-0.4, -0.2) is 48.9 Å². The Labute approximate surface area is 177 Å². The number of aryl methyl sites for hydroxylation is 1. The summed E-state index contributed by atoms with van der Waals surface area (Å²) in [5, 5.41) is 2.41. The largest absolute Gasteiger partial charge is 0.368 e. The Bertz CT molecular complexity index is 938. The second-order valence-electron chi connectivity index (χ2n) is 9.29. The molecule has 0 amide bonds. The molecule has 3 heterocycles. The van der Waals surface area contributed by atoms with Gasteiger partial charge in [0.15, 0.2) is 17.9 Å². The maximum Gasteiger partial charge on any atom is 0.190 e. The van der Waals surface area contributed by atoms with Crippen molar-refractivity contribution in [2.24, 2.45) is 0 Å². The van der Waals surface area contributed by atoms with E-state index >= 15 is 0 Å². The van der Waals surface area contributed by atoms with Gasteiger partial charge in [0, 0.05) is 0 Å². The van der Waals surface area contributed by atoms with Crippen LogP contribution in [0.1, 0.15) is 38.8 Å². The van der Waals surface area contributed by atoms with Gasteiger partial charge in [-0.25, -0.2) is 0 Å². The van der Waals surface area contributed by atoms with E-state index in [-0.39, 0.29) is 24.4 Å². The van der Waals surface area contributed by atoms with Crippen LogP contribution in [0.2, 0.25) is 0 Å². The SMILES string of the molecule is Cc1ccc2ccccc2c1CO[C@@H]1[C@H]2OC(C)(C)O[C@H]2O[C@@H]1[C@H]1COC(C)(C)O1. The molecular weight excluding hydrogens is 384 g/mol. The zero-order valence-electron chi connectivity index (χ0n) is 18.2. The first kappa shape index (κ1) is 20.4. The molecular formula is C24H30O6. The van der Waals surface area contributed by atoms with Gasteiger partial charge >= 0.3 is 0 Å². The molecule has 2 aromatic carbocycles. The molecule has 0 saturated carbocycles. The van der Waals surface area contributed by atoms with Crippen molar-refractivity contribution >= 4 is 10.8 Å². The van der Waals surface area contributed by atoms with Crippen LogP contribution >= 0.6 is 0 Å². The second-order valence-corrected chi connectivity index (χ2v) is 9.29. The van der Waals surface area contributed by atoms with E-state index in [4.69, 9.17) is 28.4 Å². The summed E-state index contributed by atoms with van der Waals surface area (Å²) in [6.45, 7) is 10.6. The first-order chi connectivity index (χ1) is 14.2. The molecule has 3 aliphatic rings. The summed E-state index contributed by atoms with van der Waals surface area (Å²) in [6.07, 6.45) is -1.67. The number of hydrogen-bond donors (Lipinski definition) is 0. The van der Waals surface area contributed by atoms with Crippen LogP contribution in [-0.2, 0) is 35.0 Å². The summed E-state index contributed by atoms with van der Waals surface area (Å²) >= 11 is 0. The lowest BCUT2D eigenvalue weighted by molar-refractivity contribution is -0.236. The van der Waals surface area contributed by atoms with Gasteiger partial charge in [-0.05, 0) is 56.5 Å². The van der Waals surface area contributed by atoms with Crippen molar-refractivity contribution in [3.63, 3.8) is 0 Å². The lowest BCUT2D eigenvalue weighted by atomic mass is 10.00. The van der Waals surface area contributed by atoms with Gasteiger partial charge in [-0.1, -0.05) is 36.4 Å². The Morgan fingerprint density at radius 1 is 0.933 bits per heavy atom. The zero-order chi connectivity index (χ0) is 21.1. The normalized spacial score (nSPS) is 34.5. The minimum absolute atomic E-state index is 0.237. The van der Waals surface area contributed by atoms with Gasteiger partial charge in [-0.3, -0.25) is 0 Å². The summed E-state index contributed by atoms with van der Waals surface area (Å²) < 4.78 is 36.8. The number of fused-ring (bicyclic) bond motifs is 2. The molecule has 3 saturated heterocycles. The van der Waals surface area contributed by atoms with Crippen LogP contribution in [0.5, 0.6) is 0 Å². The zero-order valence-corrected chi connectivity index (χ0v) is 18.2. The van der Waals surface area contributed by atoms with Gasteiger partial charge in [0.1, 0.15) is 24.4 Å². The fraction of sp³-hybridized carbons (Fsp3) is 0.583. The number of ether oxygens (including phenoxy) is 6. The van der Waals surface area contributed by atoms with E-state index in [0.29, 0.717) is 13.2 Å². The van der Waals surface area contributed by atoms with Gasteiger partial charge in [0.05, 0.1) is 13.2 Å². The second kappa shape index (κ2) is 7.26. The number of hydrogen-bond acceptors (Lipinski definition) is 6. The Morgan fingerprint density at radius 2 is 1.73 bits per heavy atom. The van der Waals surface area contributed by atoms with E-state index in [0.717, 1.165) is 0 Å². The monoisotopic (exact) mass is 414 g/mol. The molecule has 5 rings (SSSR count). The fourth-order valence-electron chi connectivity index (χ4n) is 4.69. The van der Waals surface area contributed by atoms with Crippen molar-refractivity contribution in [3.8, 4) is 0 Å². The predicted octanol–water partition coefficient (Wildman–Crippen LogP) is 4.06. The van der Waals surface area contributed by atoms with Crippen molar-refractivity contribution in [3.05, 3.63) is 47.5 Å². The van der Waals surface area contributed by atoms with Crippen molar-refractivity contribution in [1.82, 2.24) is 0 Å². The molecule has 30 heavy (non-hydrogen) atoms. The lowest BCUT2D eigenvalue weighted by Crippen LogP contribution is -2.44. The third-order valence-corrected chi connectivity index (χ3v) is 6.12. The molecule has 0 unspecified atom stereocenters. The molecule has 0 bridgehead atoms. The summed E-state index contributed by atoms with van der Waals surface area (Å²) in [7, 11) is 0. The molecule has 3 aliphatic heterocycles. The molecule has 3 fully saturated rings. The molecule has 5 atom stereocenters. The lowest BCUT2D eigenvalue weighted by Gasteiger charge is -2.29. The average Bonchev–Trinajstić information content (AvgIpc) is 3.30. The fourth-order valence-corrected chi connectivity index (χ4v) is 4.69. The molecule has 0 N–H and O–H groups in total. The molecule has 162 valence electrons. The summed E-state index contributed by atoms with van der Waals surface area (Å²) in [5.41, 5.74) is 2.38. The highest BCUT2D eigenvalue weighted by atomic mass is 16.8. The van der Waals surface area contributed by atoms with Crippen LogP contribution in [0.3, 0.4) is 0 Å². The van der Waals surface area contributed by atoms with Crippen LogP contribution in [0.25, 0.3) is 10.8 Å². The molecule has 0 radical (unpaired) electrons. The highest BCUT2D eigenvalue weighted by Gasteiger charge is 2.58. The maximum absolute atomic E-state index is 6.51. The minimum Gasteiger partial charge on any atom is -0.368 e. The quantitative estimate of drug-likeness (QED) is 0.752. The Kier molecular flexibility index (Phi) is 4.93. The van der Waals surface area contributed by atoms with Gasteiger partial charge < -0.3 is 28.4 Å². The summed E-state index contributed by atoms with van der Waals surface area (Å²) in [5.74, 6) is -1.34. The molecule has 0 aliphatic carbocycles. The summed E-state index contributed by atoms with van der Waals surface area (Å²) in [6, 6.07) is 12.7. The van der Waals surface area contributed by atoms with Crippen molar-refractivity contribution in [2.45, 2.75) is 83.5 Å². The van der Waals surface area contributed by atoms with Gasteiger partial charge in [-0.15, -0.1) is 0 Å². The van der Waals surface area contributed by atoms with Gasteiger partial charge in [0.2, 0.25) is 0 Å². The number of rotatable bonds is 4. The molecule has 2 aromatic rings. The van der Waals surface area contributed by atoms with Crippen molar-refractivity contribution in [1.29, 1.82) is 0 Å². The van der Waals surface area contributed by atoms with Crippen LogP contribution in [0.15, 0.2) is 36.4 Å². The van der Waals surface area contributed by atoms with Crippen LogP contribution in [0.4, 0.5) is 0 Å². The molecule has 6 nitrogen and oxygen atoms in total. The van der Waals surface area contributed by atoms with Gasteiger partial charge in [-0.2, -0.15) is 0 Å². The van der Waals surface area contributed by atoms with Crippen LogP contribution in [0, 0.1) is 6.92 Å². The maximum atomic E-state index is 6.51. The molecule has 0 spiro atoms. The Balaban J connectivity index is 1.41.